The number of anilines is 1. The van der Waals surface area contributed by atoms with Crippen molar-refractivity contribution in [1.29, 1.82) is 0 Å². The maximum absolute atomic E-state index is 12.4. The van der Waals surface area contributed by atoms with Gasteiger partial charge in [0.25, 0.3) is 5.91 Å². The second-order valence-corrected chi connectivity index (χ2v) is 4.69. The third-order valence-corrected chi connectivity index (χ3v) is 3.39. The van der Waals surface area contributed by atoms with Gasteiger partial charge in [-0.25, -0.2) is 4.98 Å². The van der Waals surface area contributed by atoms with E-state index in [0.29, 0.717) is 0 Å². The lowest BCUT2D eigenvalue weighted by Crippen LogP contribution is -2.35. The maximum atomic E-state index is 12.4. The Bertz CT molecular complexity index is 403. The van der Waals surface area contributed by atoms with Gasteiger partial charge in [0.2, 0.25) is 0 Å². The number of hydrogen-bond acceptors (Lipinski definition) is 3. The van der Waals surface area contributed by atoms with Gasteiger partial charge >= 0.3 is 0 Å². The fourth-order valence-corrected chi connectivity index (χ4v) is 2.30. The maximum Gasteiger partial charge on any atom is 0.254 e. The monoisotopic (exact) mass is 247 g/mol. The molecule has 0 aromatic carbocycles. The van der Waals surface area contributed by atoms with Crippen LogP contribution < -0.4 is 5.32 Å². The Morgan fingerprint density at radius 3 is 2.67 bits per heavy atom. The molecule has 1 saturated heterocycles. The molecule has 1 fully saturated rings. The molecule has 0 spiro atoms. The summed E-state index contributed by atoms with van der Waals surface area (Å²) in [6.07, 6.45) is 4.32. The fraction of sp³-hybridized carbons (Fsp3) is 0.571. The third-order valence-electron chi connectivity index (χ3n) is 3.39. The van der Waals surface area contributed by atoms with Crippen LogP contribution in [0.5, 0.6) is 0 Å². The van der Waals surface area contributed by atoms with Crippen LogP contribution in [0.25, 0.3) is 0 Å². The van der Waals surface area contributed by atoms with Crippen molar-refractivity contribution in [2.45, 2.75) is 32.6 Å². The molecule has 18 heavy (non-hydrogen) atoms. The van der Waals surface area contributed by atoms with Crippen molar-refractivity contribution in [2.24, 2.45) is 0 Å². The second kappa shape index (κ2) is 5.85. The minimum absolute atomic E-state index is 0.142. The van der Waals surface area contributed by atoms with Crippen LogP contribution >= 0.6 is 0 Å². The first-order valence-corrected chi connectivity index (χ1v) is 6.72. The van der Waals surface area contributed by atoms with E-state index in [4.69, 9.17) is 0 Å². The highest BCUT2D eigenvalue weighted by Crippen LogP contribution is 2.16. The van der Waals surface area contributed by atoms with Gasteiger partial charge < -0.3 is 10.2 Å². The number of aryl methyl sites for hydroxylation is 1. The summed E-state index contributed by atoms with van der Waals surface area (Å²) in [7, 11) is 1.83. The topological polar surface area (TPSA) is 45.2 Å². The van der Waals surface area contributed by atoms with E-state index in [1.54, 1.807) is 0 Å². The predicted octanol–water partition coefficient (Wildman–Crippen LogP) is 2.31. The SMILES string of the molecule is CCc1cc(C(=O)N2CCCCC2)cc(NC)n1. The van der Waals surface area contributed by atoms with Crippen LogP contribution in [0, 0.1) is 0 Å². The van der Waals surface area contributed by atoms with Crippen molar-refractivity contribution in [1.82, 2.24) is 9.88 Å². The van der Waals surface area contributed by atoms with Crippen LogP contribution in [0.15, 0.2) is 12.1 Å². The van der Waals surface area contributed by atoms with E-state index in [1.165, 1.54) is 6.42 Å². The quantitative estimate of drug-likeness (QED) is 0.891. The summed E-state index contributed by atoms with van der Waals surface area (Å²) in [5.41, 5.74) is 1.72. The average Bonchev–Trinajstić information content (AvgIpc) is 2.46. The van der Waals surface area contributed by atoms with Crippen molar-refractivity contribution in [3.63, 3.8) is 0 Å². The lowest BCUT2D eigenvalue weighted by Gasteiger charge is -2.27. The molecule has 4 nitrogen and oxygen atoms in total. The van der Waals surface area contributed by atoms with E-state index in [0.717, 1.165) is 49.4 Å². The zero-order chi connectivity index (χ0) is 13.0. The first kappa shape index (κ1) is 12.9. The molecular formula is C14H21N3O. The molecule has 0 unspecified atom stereocenters. The van der Waals surface area contributed by atoms with Crippen LogP contribution in [-0.4, -0.2) is 35.9 Å². The predicted molar refractivity (Wildman–Crippen MR) is 72.9 cm³/mol. The number of amides is 1. The van der Waals surface area contributed by atoms with Crippen LogP contribution in [0.2, 0.25) is 0 Å². The molecule has 1 amide bonds. The molecule has 0 saturated carbocycles. The third kappa shape index (κ3) is 2.81. The summed E-state index contributed by atoms with van der Waals surface area (Å²) in [4.78, 5) is 18.8. The van der Waals surface area contributed by atoms with Gasteiger partial charge in [-0.2, -0.15) is 0 Å². The second-order valence-electron chi connectivity index (χ2n) is 4.69. The number of carbonyl (C=O) groups excluding carboxylic acids is 1. The average molecular weight is 247 g/mol. The van der Waals surface area contributed by atoms with Crippen molar-refractivity contribution in [3.05, 3.63) is 23.4 Å². The highest BCUT2D eigenvalue weighted by atomic mass is 16.2. The fourth-order valence-electron chi connectivity index (χ4n) is 2.30. The van der Waals surface area contributed by atoms with Crippen molar-refractivity contribution in [3.8, 4) is 0 Å². The normalized spacial score (nSPS) is 15.6. The van der Waals surface area contributed by atoms with E-state index < -0.39 is 0 Å². The molecule has 0 radical (unpaired) electrons. The summed E-state index contributed by atoms with van der Waals surface area (Å²) >= 11 is 0. The molecule has 98 valence electrons. The number of nitrogens with one attached hydrogen (secondary N) is 1. The molecule has 1 aromatic rings. The zero-order valence-corrected chi connectivity index (χ0v) is 11.2. The largest absolute Gasteiger partial charge is 0.373 e. The van der Waals surface area contributed by atoms with Gasteiger partial charge in [-0.15, -0.1) is 0 Å². The highest BCUT2D eigenvalue weighted by Gasteiger charge is 2.19. The summed E-state index contributed by atoms with van der Waals surface area (Å²) in [5, 5.41) is 3.02. The first-order chi connectivity index (χ1) is 8.74. The molecule has 4 heteroatoms. The van der Waals surface area contributed by atoms with Gasteiger partial charge in [0.1, 0.15) is 5.82 Å². The van der Waals surface area contributed by atoms with Crippen molar-refractivity contribution in [2.75, 3.05) is 25.5 Å². The minimum atomic E-state index is 0.142. The lowest BCUT2D eigenvalue weighted by molar-refractivity contribution is 0.0724. The Balaban J connectivity index is 2.22. The Morgan fingerprint density at radius 2 is 2.06 bits per heavy atom. The van der Waals surface area contributed by atoms with E-state index >= 15 is 0 Å². The molecule has 1 aromatic heterocycles. The molecule has 1 aliphatic heterocycles. The smallest absolute Gasteiger partial charge is 0.254 e. The number of aromatic nitrogens is 1. The van der Waals surface area contributed by atoms with Gasteiger partial charge in [-0.3, -0.25) is 4.79 Å². The number of piperidine rings is 1. The molecule has 1 N–H and O–H groups in total. The van der Waals surface area contributed by atoms with Gasteiger partial charge in [-0.1, -0.05) is 6.92 Å². The number of likely N-dealkylation sites (tertiary alicyclic amines) is 1. The van der Waals surface area contributed by atoms with Crippen molar-refractivity contribution >= 4 is 11.7 Å². The van der Waals surface area contributed by atoms with E-state index in [-0.39, 0.29) is 5.91 Å². The van der Waals surface area contributed by atoms with Crippen LogP contribution in [-0.2, 0) is 6.42 Å². The summed E-state index contributed by atoms with van der Waals surface area (Å²) in [5.74, 6) is 0.915. The first-order valence-electron chi connectivity index (χ1n) is 6.72. The molecule has 0 aliphatic carbocycles. The van der Waals surface area contributed by atoms with Crippen LogP contribution in [0.1, 0.15) is 42.2 Å². The zero-order valence-electron chi connectivity index (χ0n) is 11.2. The Kier molecular flexibility index (Phi) is 4.18. The number of carbonyl (C=O) groups is 1. The number of pyridine rings is 1. The van der Waals surface area contributed by atoms with Gasteiger partial charge in [0, 0.05) is 31.4 Å². The van der Waals surface area contributed by atoms with Gasteiger partial charge in [-0.05, 0) is 37.8 Å². The van der Waals surface area contributed by atoms with Gasteiger partial charge in [0.15, 0.2) is 0 Å². The van der Waals surface area contributed by atoms with E-state index in [1.807, 2.05) is 24.1 Å². The molecular weight excluding hydrogens is 226 g/mol. The molecule has 0 atom stereocenters. The Hall–Kier alpha value is -1.58. The van der Waals surface area contributed by atoms with Crippen LogP contribution in [0.4, 0.5) is 5.82 Å². The molecule has 2 heterocycles. The highest BCUT2D eigenvalue weighted by molar-refractivity contribution is 5.95. The Morgan fingerprint density at radius 1 is 1.33 bits per heavy atom. The summed E-state index contributed by atoms with van der Waals surface area (Å²) < 4.78 is 0. The molecule has 0 bridgehead atoms. The Labute approximate surface area is 108 Å². The van der Waals surface area contributed by atoms with Crippen molar-refractivity contribution < 1.29 is 4.79 Å². The number of hydrogen-bond donors (Lipinski definition) is 1. The standard InChI is InChI=1S/C14H21N3O/c1-3-12-9-11(10-13(15-2)16-12)14(18)17-7-5-4-6-8-17/h9-10H,3-8H2,1-2H3,(H,15,16). The lowest BCUT2D eigenvalue weighted by atomic mass is 10.1. The molecule has 1 aliphatic rings. The summed E-state index contributed by atoms with van der Waals surface area (Å²) in [6, 6.07) is 3.76. The van der Waals surface area contributed by atoms with Gasteiger partial charge in [0.05, 0.1) is 0 Å². The van der Waals surface area contributed by atoms with E-state index in [2.05, 4.69) is 17.2 Å². The minimum Gasteiger partial charge on any atom is -0.373 e. The summed E-state index contributed by atoms with van der Waals surface area (Å²) in [6.45, 7) is 3.83. The number of nitrogens with zero attached hydrogens (tertiary/aromatic N) is 2. The molecule has 2 rings (SSSR count). The van der Waals surface area contributed by atoms with Crippen LogP contribution in [0.3, 0.4) is 0 Å². The van der Waals surface area contributed by atoms with E-state index in [9.17, 15) is 4.79 Å². The number of rotatable bonds is 3.